The Labute approximate surface area is 95.3 Å². The molecule has 1 aliphatic heterocycles. The maximum absolute atomic E-state index is 11.5. The zero-order valence-corrected chi connectivity index (χ0v) is 9.17. The molecular formula is C8H12N4O3S. The van der Waals surface area contributed by atoms with Crippen molar-refractivity contribution >= 4 is 17.7 Å². The number of thioether (sulfide) groups is 1. The van der Waals surface area contributed by atoms with Crippen LogP contribution in [-0.2, 0) is 0 Å². The fraction of sp³-hybridized carbons (Fsp3) is 0.625. The first-order valence-corrected chi connectivity index (χ1v) is 5.71. The van der Waals surface area contributed by atoms with Crippen LogP contribution >= 0.6 is 11.8 Å². The summed E-state index contributed by atoms with van der Waals surface area (Å²) in [5, 5.41) is 18.1. The Morgan fingerprint density at radius 3 is 3.00 bits per heavy atom. The summed E-state index contributed by atoms with van der Waals surface area (Å²) in [4.78, 5) is 18.7. The van der Waals surface area contributed by atoms with E-state index in [-0.39, 0.29) is 23.2 Å². The fourth-order valence-electron chi connectivity index (χ4n) is 1.60. The number of anilines is 1. The quantitative estimate of drug-likeness (QED) is 0.550. The van der Waals surface area contributed by atoms with Gasteiger partial charge in [0.05, 0.1) is 23.3 Å². The molecule has 3 atom stereocenters. The number of aromatic nitrogens is 3. The van der Waals surface area contributed by atoms with Gasteiger partial charge in [-0.05, 0) is 0 Å². The lowest BCUT2D eigenvalue weighted by Crippen LogP contribution is -2.26. The molecule has 88 valence electrons. The molecule has 0 aromatic carbocycles. The number of aliphatic hydroxyl groups is 2. The third-order valence-corrected chi connectivity index (χ3v) is 3.99. The summed E-state index contributed by atoms with van der Waals surface area (Å²) in [6.45, 7) is -0.118. The van der Waals surface area contributed by atoms with Gasteiger partial charge in [0.1, 0.15) is 6.33 Å². The van der Waals surface area contributed by atoms with E-state index < -0.39 is 11.8 Å². The van der Waals surface area contributed by atoms with Crippen molar-refractivity contribution in [3.05, 3.63) is 16.8 Å². The molecule has 2 rings (SSSR count). The molecule has 1 fully saturated rings. The van der Waals surface area contributed by atoms with Gasteiger partial charge in [-0.25, -0.2) is 9.78 Å². The van der Waals surface area contributed by atoms with Gasteiger partial charge in [-0.3, -0.25) is 4.57 Å². The van der Waals surface area contributed by atoms with E-state index in [4.69, 9.17) is 10.8 Å². The fourth-order valence-corrected chi connectivity index (χ4v) is 2.97. The van der Waals surface area contributed by atoms with Gasteiger partial charge in [0.15, 0.2) is 0 Å². The van der Waals surface area contributed by atoms with Gasteiger partial charge in [0.25, 0.3) is 0 Å². The first-order valence-electron chi connectivity index (χ1n) is 4.77. The monoisotopic (exact) mass is 248 g/mol. The first kappa shape index (κ1) is 11.4. The summed E-state index contributed by atoms with van der Waals surface area (Å²) in [6, 6.07) is 0. The molecule has 0 amide bonds. The number of hydrogen-bond donors (Lipinski definition) is 3. The molecule has 0 radical (unpaired) electrons. The van der Waals surface area contributed by atoms with Crippen LogP contribution in [0.2, 0.25) is 0 Å². The highest BCUT2D eigenvalue weighted by atomic mass is 32.2. The van der Waals surface area contributed by atoms with Crippen LogP contribution in [0, 0.1) is 0 Å². The van der Waals surface area contributed by atoms with Gasteiger partial charge in [0, 0.05) is 6.42 Å². The molecule has 8 heteroatoms. The zero-order chi connectivity index (χ0) is 11.7. The number of nitrogens with two attached hydrogens (primary N) is 1. The van der Waals surface area contributed by atoms with Crippen LogP contribution in [-0.4, -0.2) is 42.7 Å². The van der Waals surface area contributed by atoms with Crippen molar-refractivity contribution in [3.8, 4) is 0 Å². The molecule has 0 unspecified atom stereocenters. The molecule has 0 saturated carbocycles. The van der Waals surface area contributed by atoms with Crippen LogP contribution in [0.25, 0.3) is 0 Å². The third kappa shape index (κ3) is 2.04. The normalized spacial score (nSPS) is 29.5. The topological polar surface area (TPSA) is 114 Å². The van der Waals surface area contributed by atoms with E-state index in [2.05, 4.69) is 9.97 Å². The van der Waals surface area contributed by atoms with E-state index in [1.54, 1.807) is 0 Å². The maximum atomic E-state index is 11.5. The Kier molecular flexibility index (Phi) is 3.13. The summed E-state index contributed by atoms with van der Waals surface area (Å²) >= 11 is 1.33. The van der Waals surface area contributed by atoms with E-state index in [1.807, 2.05) is 0 Å². The molecule has 1 aromatic heterocycles. The van der Waals surface area contributed by atoms with Gasteiger partial charge < -0.3 is 15.9 Å². The maximum Gasteiger partial charge on any atom is 0.353 e. The average Bonchev–Trinajstić information content (AvgIpc) is 2.59. The van der Waals surface area contributed by atoms with Crippen LogP contribution in [0.5, 0.6) is 0 Å². The van der Waals surface area contributed by atoms with Gasteiger partial charge in [0.2, 0.25) is 5.95 Å². The van der Waals surface area contributed by atoms with Crippen molar-refractivity contribution in [2.24, 2.45) is 0 Å². The molecule has 0 bridgehead atoms. The van der Waals surface area contributed by atoms with E-state index in [1.165, 1.54) is 22.7 Å². The SMILES string of the molecule is [15NH2]c1[15n]c[15n]([C@H]2C[C@H](O)[C@@H](CO)S2)c(=O)[15n]1. The molecule has 4 N–H and O–H groups in total. The number of nitrogens with zero attached hydrogens (tertiary/aromatic N) is 3. The van der Waals surface area contributed by atoms with Crippen LogP contribution in [0.15, 0.2) is 11.1 Å². The highest BCUT2D eigenvalue weighted by Gasteiger charge is 2.34. The van der Waals surface area contributed by atoms with E-state index >= 15 is 0 Å². The van der Waals surface area contributed by atoms with Crippen LogP contribution in [0.4, 0.5) is 5.95 Å². The second-order valence-corrected chi connectivity index (χ2v) is 4.94. The Morgan fingerprint density at radius 1 is 1.69 bits per heavy atom. The van der Waals surface area contributed by atoms with Crippen molar-refractivity contribution in [1.82, 2.24) is 14.5 Å². The molecule has 7 nitrogen and oxygen atoms in total. The molecule has 1 aromatic rings. The molecule has 2 heterocycles. The van der Waals surface area contributed by atoms with Crippen molar-refractivity contribution in [3.63, 3.8) is 0 Å². The van der Waals surface area contributed by atoms with Crippen LogP contribution < -0.4 is 11.4 Å². The lowest BCUT2D eigenvalue weighted by atomic mass is 10.2. The molecule has 16 heavy (non-hydrogen) atoms. The minimum absolute atomic E-state index is 0.0662. The van der Waals surface area contributed by atoms with Gasteiger partial charge in [-0.15, -0.1) is 11.8 Å². The summed E-state index contributed by atoms with van der Waals surface area (Å²) in [5.74, 6) is -0.0662. The Balaban J connectivity index is 2.23. The highest BCUT2D eigenvalue weighted by molar-refractivity contribution is 8.00. The summed E-state index contributed by atoms with van der Waals surface area (Å²) in [7, 11) is 0. The second kappa shape index (κ2) is 4.40. The lowest BCUT2D eigenvalue weighted by molar-refractivity contribution is 0.137. The van der Waals surface area contributed by atoms with E-state index in [0.717, 1.165) is 0 Å². The summed E-state index contributed by atoms with van der Waals surface area (Å²) in [5.41, 5.74) is 4.79. The van der Waals surface area contributed by atoms with E-state index in [0.29, 0.717) is 6.42 Å². The molecule has 0 aliphatic carbocycles. The molecular weight excluding hydrogens is 236 g/mol. The Hall–Kier alpha value is -1.12. The average molecular weight is 248 g/mol. The van der Waals surface area contributed by atoms with Gasteiger partial charge in [-0.2, -0.15) is 4.98 Å². The lowest BCUT2D eigenvalue weighted by Gasteiger charge is -2.11. The molecule has 1 aliphatic rings. The predicted octanol–water partition coefficient (Wildman–Crippen LogP) is -1.42. The zero-order valence-electron chi connectivity index (χ0n) is 8.35. The van der Waals surface area contributed by atoms with Gasteiger partial charge in [-0.1, -0.05) is 0 Å². The third-order valence-electron chi connectivity index (χ3n) is 2.44. The highest BCUT2D eigenvalue weighted by Crippen LogP contribution is 2.40. The molecule has 1 saturated heterocycles. The minimum atomic E-state index is -0.621. The van der Waals surface area contributed by atoms with Crippen molar-refractivity contribution in [1.29, 1.82) is 0 Å². The largest absolute Gasteiger partial charge is 0.395 e. The number of hydrogen-bond acceptors (Lipinski definition) is 7. The smallest absolute Gasteiger partial charge is 0.353 e. The first-order chi connectivity index (χ1) is 7.61. The van der Waals surface area contributed by atoms with Crippen molar-refractivity contribution in [2.75, 3.05) is 12.3 Å². The second-order valence-electron chi connectivity index (χ2n) is 3.52. The number of aliphatic hydroxyl groups excluding tert-OH is 2. The van der Waals surface area contributed by atoms with Crippen molar-refractivity contribution < 1.29 is 10.2 Å². The number of nitrogen functional groups attached to an aromatic ring is 1. The Morgan fingerprint density at radius 2 is 2.44 bits per heavy atom. The summed E-state index contributed by atoms with van der Waals surface area (Å²) < 4.78 is 1.32. The van der Waals surface area contributed by atoms with Gasteiger partial charge >= 0.3 is 5.69 Å². The number of rotatable bonds is 2. The minimum Gasteiger partial charge on any atom is -0.395 e. The van der Waals surface area contributed by atoms with Crippen LogP contribution in [0.1, 0.15) is 11.8 Å². The Bertz CT molecular complexity index is 438. The predicted molar refractivity (Wildman–Crippen MR) is 58.8 cm³/mol. The van der Waals surface area contributed by atoms with E-state index in [9.17, 15) is 9.90 Å². The van der Waals surface area contributed by atoms with Crippen LogP contribution in [0.3, 0.4) is 0 Å². The summed E-state index contributed by atoms with van der Waals surface area (Å²) in [6.07, 6.45) is 1.09. The van der Waals surface area contributed by atoms with Crippen molar-refractivity contribution in [2.45, 2.75) is 23.1 Å². The molecule has 0 spiro atoms. The standard InChI is InChI=1S/C8H12N4O3S/c9-7-10-3-12(8(15)11-7)6-1-4(14)5(2-13)16-6/h3-6,13-14H,1-2H2,(H2,9,11,15)/t4-,5+,6+/m0/s1/i9+1,10+1,11+1,12+1.